The number of hydrogen-bond donors (Lipinski definition) is 2. The van der Waals surface area contributed by atoms with Gasteiger partial charge in [-0.2, -0.15) is 0 Å². The van der Waals surface area contributed by atoms with Crippen LogP contribution in [0, 0.1) is 13.8 Å². The number of likely N-dealkylation sites (tertiary alicyclic amines) is 1. The summed E-state index contributed by atoms with van der Waals surface area (Å²) in [6.07, 6.45) is 3.65. The maximum Gasteiger partial charge on any atom is 0.251 e. The molecule has 10 heteroatoms. The molecule has 1 aliphatic heterocycles. The lowest BCUT2D eigenvalue weighted by atomic mass is 9.93. The molecule has 4 aromatic rings. The number of pyridine rings is 1. The number of nitrogens with zero attached hydrogens (tertiary/aromatic N) is 2. The number of aromatic amines is 1. The normalized spacial score (nSPS) is 14.7. The smallest absolute Gasteiger partial charge is 0.251 e. The van der Waals surface area contributed by atoms with Crippen molar-refractivity contribution >= 4 is 62.5 Å². The number of sulfone groups is 1. The Kier molecular flexibility index (Phi) is 9.14. The van der Waals surface area contributed by atoms with E-state index in [4.69, 9.17) is 0 Å². The van der Waals surface area contributed by atoms with E-state index >= 15 is 0 Å². The van der Waals surface area contributed by atoms with Crippen molar-refractivity contribution in [3.8, 4) is 11.1 Å². The van der Waals surface area contributed by atoms with Gasteiger partial charge in [-0.15, -0.1) is 24.8 Å². The van der Waals surface area contributed by atoms with Crippen LogP contribution in [-0.4, -0.2) is 61.1 Å². The minimum atomic E-state index is -3.38. The lowest BCUT2D eigenvalue weighted by Gasteiger charge is -2.29. The van der Waals surface area contributed by atoms with Gasteiger partial charge >= 0.3 is 0 Å². The fourth-order valence-corrected chi connectivity index (χ4v) is 6.02. The van der Waals surface area contributed by atoms with Crippen molar-refractivity contribution in [3.05, 3.63) is 59.3 Å². The van der Waals surface area contributed by atoms with E-state index in [1.807, 2.05) is 32.2 Å². The molecule has 2 N–H and O–H groups in total. The summed E-state index contributed by atoms with van der Waals surface area (Å²) in [5, 5.41) is 5.13. The third-order valence-electron chi connectivity index (χ3n) is 7.31. The quantitative estimate of drug-likeness (QED) is 0.329. The summed E-state index contributed by atoms with van der Waals surface area (Å²) in [5.41, 5.74) is 5.62. The summed E-state index contributed by atoms with van der Waals surface area (Å²) in [4.78, 5) is 24.1. The van der Waals surface area contributed by atoms with Crippen molar-refractivity contribution in [1.82, 2.24) is 20.2 Å². The highest BCUT2D eigenvalue weighted by atomic mass is 35.5. The fraction of sp³-hybridized carbons (Fsp3) is 0.357. The summed E-state index contributed by atoms with van der Waals surface area (Å²) >= 11 is 0. The van der Waals surface area contributed by atoms with Crippen molar-refractivity contribution < 1.29 is 13.2 Å². The number of benzene rings is 2. The van der Waals surface area contributed by atoms with Crippen molar-refractivity contribution in [1.29, 1.82) is 0 Å². The zero-order valence-electron chi connectivity index (χ0n) is 22.0. The molecule has 0 radical (unpaired) electrons. The molecule has 0 aliphatic carbocycles. The first kappa shape index (κ1) is 29.9. The monoisotopic (exact) mass is 576 g/mol. The molecule has 1 saturated heterocycles. The fourth-order valence-electron chi connectivity index (χ4n) is 5.10. The van der Waals surface area contributed by atoms with Crippen molar-refractivity contribution in [3.63, 3.8) is 0 Å². The van der Waals surface area contributed by atoms with Gasteiger partial charge in [0.2, 0.25) is 0 Å². The summed E-state index contributed by atoms with van der Waals surface area (Å²) in [6.45, 7) is 7.51. The Labute approximate surface area is 236 Å². The number of aryl methyl sites for hydroxylation is 2. The molecule has 7 nitrogen and oxygen atoms in total. The molecule has 5 rings (SSSR count). The molecule has 204 valence electrons. The Morgan fingerprint density at radius 1 is 1.13 bits per heavy atom. The summed E-state index contributed by atoms with van der Waals surface area (Å²) in [6, 6.07) is 11.1. The van der Waals surface area contributed by atoms with Crippen LogP contribution < -0.4 is 5.32 Å². The minimum Gasteiger partial charge on any atom is -0.349 e. The van der Waals surface area contributed by atoms with Gasteiger partial charge in [0, 0.05) is 28.6 Å². The second-order valence-corrected chi connectivity index (χ2v) is 12.1. The van der Waals surface area contributed by atoms with E-state index in [-0.39, 0.29) is 47.4 Å². The Bertz CT molecular complexity index is 1590. The highest BCUT2D eigenvalue weighted by molar-refractivity contribution is 7.91. The lowest BCUT2D eigenvalue weighted by molar-refractivity contribution is 0.0916. The highest BCUT2D eigenvalue weighted by Gasteiger charge is 2.24. The molecule has 0 bridgehead atoms. The van der Waals surface area contributed by atoms with Crippen LogP contribution >= 0.6 is 24.8 Å². The van der Waals surface area contributed by atoms with Gasteiger partial charge in [-0.25, -0.2) is 13.4 Å². The van der Waals surface area contributed by atoms with Crippen LogP contribution in [0.2, 0.25) is 0 Å². The Morgan fingerprint density at radius 3 is 2.53 bits per heavy atom. The van der Waals surface area contributed by atoms with Crippen molar-refractivity contribution in [2.45, 2.75) is 44.6 Å². The third kappa shape index (κ3) is 5.54. The molecule has 2 aromatic heterocycles. The number of rotatable bonds is 5. The van der Waals surface area contributed by atoms with Crippen molar-refractivity contribution in [2.75, 3.05) is 25.9 Å². The number of aromatic nitrogens is 2. The number of piperidine rings is 1. The summed E-state index contributed by atoms with van der Waals surface area (Å²) in [5.74, 6) is -0.0782. The second-order valence-electron chi connectivity index (χ2n) is 9.86. The van der Waals surface area contributed by atoms with Gasteiger partial charge in [-0.3, -0.25) is 4.79 Å². The van der Waals surface area contributed by atoms with E-state index in [0.717, 1.165) is 70.1 Å². The molecule has 1 fully saturated rings. The molecule has 0 spiro atoms. The van der Waals surface area contributed by atoms with Crippen LogP contribution in [0.5, 0.6) is 0 Å². The SMILES string of the molecule is CCS(=O)(=O)c1cccc(-c2cc(C(=O)NC3CCN(C)CC3)c(C)c3[nH]c4ncc(C)cc4c23)c1.Cl.Cl. The number of carbonyl (C=O) groups is 1. The molecule has 0 atom stereocenters. The Morgan fingerprint density at radius 2 is 1.84 bits per heavy atom. The van der Waals surface area contributed by atoms with Crippen LogP contribution in [0.4, 0.5) is 0 Å². The van der Waals surface area contributed by atoms with E-state index in [1.54, 1.807) is 25.1 Å². The van der Waals surface area contributed by atoms with Crippen LogP contribution in [0.15, 0.2) is 47.5 Å². The first-order valence-corrected chi connectivity index (χ1v) is 14.1. The number of halogens is 2. The number of fused-ring (bicyclic) bond motifs is 3. The van der Waals surface area contributed by atoms with Gasteiger partial charge in [0.25, 0.3) is 5.91 Å². The average molecular weight is 578 g/mol. The highest BCUT2D eigenvalue weighted by Crippen LogP contribution is 2.38. The van der Waals surface area contributed by atoms with Crippen molar-refractivity contribution in [2.24, 2.45) is 0 Å². The summed E-state index contributed by atoms with van der Waals surface area (Å²) < 4.78 is 25.3. The van der Waals surface area contributed by atoms with Crippen LogP contribution in [0.1, 0.15) is 41.3 Å². The molecule has 1 aliphatic rings. The topological polar surface area (TPSA) is 95.2 Å². The number of amides is 1. The maximum absolute atomic E-state index is 13.5. The van der Waals surface area contributed by atoms with E-state index in [9.17, 15) is 13.2 Å². The van der Waals surface area contributed by atoms with E-state index in [2.05, 4.69) is 33.3 Å². The maximum atomic E-state index is 13.5. The van der Waals surface area contributed by atoms with Gasteiger partial charge in [0.15, 0.2) is 9.84 Å². The van der Waals surface area contributed by atoms with Crippen LogP contribution in [-0.2, 0) is 9.84 Å². The third-order valence-corrected chi connectivity index (χ3v) is 9.04. The molecular formula is C28H34Cl2N4O3S. The molecular weight excluding hydrogens is 543 g/mol. The Balaban J connectivity index is 0.00000200. The standard InChI is InChI=1S/C28H32N4O3S.2ClH/c1-5-36(34,35)21-8-6-7-19(14-21)23-15-22(28(33)30-20-9-11-32(4)12-10-20)18(3)26-25(23)24-13-17(2)16-29-27(24)31-26;;/h6-8,13-16,20H,5,9-12H2,1-4H3,(H,29,31)(H,30,33);2*1H. The largest absolute Gasteiger partial charge is 0.349 e. The summed E-state index contributed by atoms with van der Waals surface area (Å²) in [7, 11) is -1.28. The zero-order chi connectivity index (χ0) is 25.6. The number of hydrogen-bond acceptors (Lipinski definition) is 5. The number of nitrogens with one attached hydrogen (secondary N) is 2. The molecule has 3 heterocycles. The number of H-pyrrole nitrogens is 1. The average Bonchev–Trinajstić information content (AvgIpc) is 3.25. The minimum absolute atomic E-state index is 0. The molecule has 0 saturated carbocycles. The predicted octanol–water partition coefficient (Wildman–Crippen LogP) is 5.46. The van der Waals surface area contributed by atoms with E-state index < -0.39 is 9.84 Å². The van der Waals surface area contributed by atoms with Gasteiger partial charge in [-0.1, -0.05) is 19.1 Å². The van der Waals surface area contributed by atoms with Gasteiger partial charge in [0.05, 0.1) is 16.2 Å². The van der Waals surface area contributed by atoms with Gasteiger partial charge < -0.3 is 15.2 Å². The lowest BCUT2D eigenvalue weighted by Crippen LogP contribution is -2.43. The number of carbonyl (C=O) groups excluding carboxylic acids is 1. The van der Waals surface area contributed by atoms with E-state index in [0.29, 0.717) is 5.56 Å². The van der Waals surface area contributed by atoms with E-state index in [1.165, 1.54) is 0 Å². The molecule has 0 unspecified atom stereocenters. The Hall–Kier alpha value is -2.65. The van der Waals surface area contributed by atoms with Crippen LogP contribution in [0.25, 0.3) is 33.1 Å². The van der Waals surface area contributed by atoms with Gasteiger partial charge in [0.1, 0.15) is 5.65 Å². The van der Waals surface area contributed by atoms with Gasteiger partial charge in [-0.05, 0) is 93.3 Å². The first-order chi connectivity index (χ1) is 17.2. The van der Waals surface area contributed by atoms with Crippen LogP contribution in [0.3, 0.4) is 0 Å². The second kappa shape index (κ2) is 11.6. The first-order valence-electron chi connectivity index (χ1n) is 12.4. The zero-order valence-corrected chi connectivity index (χ0v) is 24.4. The molecule has 2 aromatic carbocycles. The predicted molar refractivity (Wildman–Crippen MR) is 159 cm³/mol. The molecule has 38 heavy (non-hydrogen) atoms. The molecule has 1 amide bonds.